The Labute approximate surface area is 201 Å². The van der Waals surface area contributed by atoms with Gasteiger partial charge in [-0.2, -0.15) is 0 Å². The molecule has 10 heteroatoms. The molecule has 1 fully saturated rings. The van der Waals surface area contributed by atoms with Crippen LogP contribution in [0.2, 0.25) is 0 Å². The first kappa shape index (κ1) is 24.3. The lowest BCUT2D eigenvalue weighted by molar-refractivity contribution is -0.144. The van der Waals surface area contributed by atoms with Gasteiger partial charge in [0.1, 0.15) is 0 Å². The van der Waals surface area contributed by atoms with Crippen molar-refractivity contribution >= 4 is 29.3 Å². The van der Waals surface area contributed by atoms with Gasteiger partial charge >= 0.3 is 23.8 Å². The number of hydrogen-bond donors (Lipinski definition) is 2. The summed E-state index contributed by atoms with van der Waals surface area (Å²) < 4.78 is 36.7. The summed E-state index contributed by atoms with van der Waals surface area (Å²) >= 11 is 0. The molecule has 0 radical (unpaired) electrons. The maximum absolute atomic E-state index is 13.3. The van der Waals surface area contributed by atoms with E-state index in [0.717, 1.165) is 43.4 Å². The van der Waals surface area contributed by atoms with Gasteiger partial charge in [-0.3, -0.25) is 9.59 Å². The van der Waals surface area contributed by atoms with Gasteiger partial charge in [0.15, 0.2) is 11.6 Å². The van der Waals surface area contributed by atoms with Crippen LogP contribution < -0.4 is 10.6 Å². The highest BCUT2D eigenvalue weighted by atomic mass is 19.2. The maximum Gasteiger partial charge on any atom is 0.320 e. The molecule has 3 aromatic rings. The molecular weight excluding hydrogens is 458 g/mol. The van der Waals surface area contributed by atoms with Crippen molar-refractivity contribution in [3.8, 4) is 0 Å². The van der Waals surface area contributed by atoms with Crippen LogP contribution in [0.4, 0.5) is 26.2 Å². The fraction of sp³-hybridized carbons (Fsp3) is 0.360. The minimum Gasteiger partial charge on any atom is -0.466 e. The summed E-state index contributed by atoms with van der Waals surface area (Å²) in [6, 6.07) is 10.6. The number of amides is 1. The molecule has 0 spiro atoms. The quantitative estimate of drug-likeness (QED) is 0.403. The van der Waals surface area contributed by atoms with Crippen LogP contribution in [0.1, 0.15) is 61.2 Å². The highest BCUT2D eigenvalue weighted by Crippen LogP contribution is 2.38. The molecule has 0 bridgehead atoms. The maximum atomic E-state index is 13.3. The number of carbonyl (C=O) groups is 2. The van der Waals surface area contributed by atoms with Crippen molar-refractivity contribution in [1.29, 1.82) is 0 Å². The molecule has 8 nitrogen and oxygen atoms in total. The van der Waals surface area contributed by atoms with Gasteiger partial charge in [-0.25, -0.2) is 8.78 Å². The number of hydrogen-bond acceptors (Lipinski definition) is 7. The number of halogens is 2. The van der Waals surface area contributed by atoms with Crippen LogP contribution in [-0.4, -0.2) is 28.7 Å². The minimum absolute atomic E-state index is 0.133. The summed E-state index contributed by atoms with van der Waals surface area (Å²) in [6.45, 7) is 2.21. The molecule has 35 heavy (non-hydrogen) atoms. The molecule has 0 unspecified atom stereocenters. The van der Waals surface area contributed by atoms with E-state index in [1.54, 1.807) is 12.1 Å². The molecule has 184 valence electrons. The Kier molecular flexibility index (Phi) is 7.69. The number of rotatable bonds is 8. The van der Waals surface area contributed by atoms with Crippen molar-refractivity contribution in [1.82, 2.24) is 10.2 Å². The summed E-state index contributed by atoms with van der Waals surface area (Å²) in [5.74, 6) is -2.36. The number of benzene rings is 2. The molecule has 2 aromatic carbocycles. The zero-order valence-corrected chi connectivity index (χ0v) is 19.2. The van der Waals surface area contributed by atoms with Crippen LogP contribution in [0.3, 0.4) is 0 Å². The van der Waals surface area contributed by atoms with Crippen molar-refractivity contribution < 1.29 is 27.5 Å². The summed E-state index contributed by atoms with van der Waals surface area (Å²) in [4.78, 5) is 24.3. The molecular formula is C25H26F2N4O4. The molecule has 2 atom stereocenters. The van der Waals surface area contributed by atoms with Crippen molar-refractivity contribution in [3.05, 3.63) is 65.6 Å². The van der Waals surface area contributed by atoms with Gasteiger partial charge < -0.3 is 19.8 Å². The summed E-state index contributed by atoms with van der Waals surface area (Å²) in [5, 5.41) is 12.7. The average Bonchev–Trinajstić information content (AvgIpc) is 3.31. The molecule has 4 rings (SSSR count). The second kappa shape index (κ2) is 11.1. The first-order valence-electron chi connectivity index (χ1n) is 11.5. The van der Waals surface area contributed by atoms with E-state index in [1.165, 1.54) is 6.07 Å². The van der Waals surface area contributed by atoms with Crippen LogP contribution in [0, 0.1) is 17.6 Å². The van der Waals surface area contributed by atoms with E-state index in [0.29, 0.717) is 30.6 Å². The van der Waals surface area contributed by atoms with Crippen LogP contribution in [-0.2, 0) is 9.53 Å². The number of carbonyl (C=O) groups excluding carboxylic acids is 2. The molecule has 1 aliphatic carbocycles. The average molecular weight is 485 g/mol. The number of esters is 1. The first-order valence-corrected chi connectivity index (χ1v) is 11.5. The number of nitrogens with one attached hydrogen (secondary N) is 2. The Morgan fingerprint density at radius 3 is 2.57 bits per heavy atom. The lowest BCUT2D eigenvalue weighted by Gasteiger charge is -2.29. The van der Waals surface area contributed by atoms with Crippen molar-refractivity contribution in [2.24, 2.45) is 5.92 Å². The normalized spacial score (nSPS) is 17.6. The van der Waals surface area contributed by atoms with Gasteiger partial charge in [0.2, 0.25) is 0 Å². The van der Waals surface area contributed by atoms with E-state index in [9.17, 15) is 18.4 Å². The SMILES string of the molecule is CCOC(=O)C[C@@H]1CCC[C@@H](c2ccc(NC(=O)c3nnc(Nc4ccc(F)c(F)c4)o3)cc2)C1. The first-order chi connectivity index (χ1) is 16.9. The third-order valence-corrected chi connectivity index (χ3v) is 5.97. The van der Waals surface area contributed by atoms with Crippen LogP contribution in [0.25, 0.3) is 0 Å². The van der Waals surface area contributed by atoms with Gasteiger partial charge in [0, 0.05) is 23.9 Å². The zero-order valence-electron chi connectivity index (χ0n) is 19.2. The molecule has 1 saturated carbocycles. The van der Waals surface area contributed by atoms with Gasteiger partial charge in [-0.1, -0.05) is 23.7 Å². The largest absolute Gasteiger partial charge is 0.466 e. The molecule has 1 amide bonds. The number of aromatic nitrogens is 2. The molecule has 1 heterocycles. The van der Waals surface area contributed by atoms with Gasteiger partial charge in [-0.05, 0) is 67.9 Å². The second-order valence-electron chi connectivity index (χ2n) is 8.48. The van der Waals surface area contributed by atoms with Crippen molar-refractivity contribution in [3.63, 3.8) is 0 Å². The highest BCUT2D eigenvalue weighted by Gasteiger charge is 2.25. The Morgan fingerprint density at radius 2 is 1.83 bits per heavy atom. The second-order valence-corrected chi connectivity index (χ2v) is 8.48. The van der Waals surface area contributed by atoms with E-state index in [4.69, 9.17) is 9.15 Å². The van der Waals surface area contributed by atoms with Crippen molar-refractivity contribution in [2.75, 3.05) is 17.2 Å². The number of anilines is 3. The zero-order chi connectivity index (χ0) is 24.8. The van der Waals surface area contributed by atoms with Crippen LogP contribution in [0.5, 0.6) is 0 Å². The van der Waals surface area contributed by atoms with E-state index in [2.05, 4.69) is 20.8 Å². The molecule has 2 N–H and O–H groups in total. The van der Waals surface area contributed by atoms with E-state index < -0.39 is 17.5 Å². The standard InChI is InChI=1S/C25H26F2N4O4/c1-2-34-22(32)13-15-4-3-5-17(12-15)16-6-8-18(9-7-16)28-23(33)24-30-31-25(35-24)29-19-10-11-20(26)21(27)14-19/h6-11,14-15,17H,2-5,12-13H2,1H3,(H,28,33)(H,29,31)/t15-,17-/m1/s1. The Morgan fingerprint density at radius 1 is 1.06 bits per heavy atom. The lowest BCUT2D eigenvalue weighted by atomic mass is 9.77. The van der Waals surface area contributed by atoms with Gasteiger partial charge in [0.25, 0.3) is 0 Å². The van der Waals surface area contributed by atoms with E-state index >= 15 is 0 Å². The third kappa shape index (κ3) is 6.40. The number of ether oxygens (including phenoxy) is 1. The fourth-order valence-corrected chi connectivity index (χ4v) is 4.32. The molecule has 0 aliphatic heterocycles. The minimum atomic E-state index is -1.03. The van der Waals surface area contributed by atoms with Crippen LogP contribution >= 0.6 is 0 Å². The van der Waals surface area contributed by atoms with Gasteiger partial charge in [0.05, 0.1) is 6.61 Å². The predicted molar refractivity (Wildman–Crippen MR) is 124 cm³/mol. The molecule has 1 aromatic heterocycles. The van der Waals surface area contributed by atoms with E-state index in [1.807, 2.05) is 19.1 Å². The monoisotopic (exact) mass is 484 g/mol. The summed E-state index contributed by atoms with van der Waals surface area (Å²) in [5.41, 5.74) is 1.92. The smallest absolute Gasteiger partial charge is 0.320 e. The Hall–Kier alpha value is -3.82. The topological polar surface area (TPSA) is 106 Å². The van der Waals surface area contributed by atoms with E-state index in [-0.39, 0.29) is 23.6 Å². The Balaban J connectivity index is 1.32. The van der Waals surface area contributed by atoms with Gasteiger partial charge in [-0.15, -0.1) is 5.10 Å². The predicted octanol–water partition coefficient (Wildman–Crippen LogP) is 5.57. The lowest BCUT2D eigenvalue weighted by Crippen LogP contribution is -2.19. The summed E-state index contributed by atoms with van der Waals surface area (Å²) in [7, 11) is 0. The molecule has 0 saturated heterocycles. The van der Waals surface area contributed by atoms with Crippen molar-refractivity contribution in [2.45, 2.75) is 44.9 Å². The Bertz CT molecular complexity index is 1180. The summed E-state index contributed by atoms with van der Waals surface area (Å²) in [6.07, 6.45) is 4.53. The fourth-order valence-electron chi connectivity index (χ4n) is 4.32. The van der Waals surface area contributed by atoms with Crippen LogP contribution in [0.15, 0.2) is 46.9 Å². The molecule has 1 aliphatic rings. The third-order valence-electron chi connectivity index (χ3n) is 5.97. The highest BCUT2D eigenvalue weighted by molar-refractivity contribution is 6.00. The number of nitrogens with zero attached hydrogens (tertiary/aromatic N) is 2.